The monoisotopic (exact) mass is 339 g/mol. The van der Waals surface area contributed by atoms with Gasteiger partial charge in [0, 0.05) is 6.54 Å². The van der Waals surface area contributed by atoms with Gasteiger partial charge in [-0.1, -0.05) is 19.9 Å². The van der Waals surface area contributed by atoms with Gasteiger partial charge in [-0.3, -0.25) is 4.79 Å². The molecule has 24 heavy (non-hydrogen) atoms. The molecule has 0 radical (unpaired) electrons. The first-order chi connectivity index (χ1) is 11.2. The van der Waals surface area contributed by atoms with Crippen LogP contribution in [0.5, 0.6) is 0 Å². The highest BCUT2D eigenvalue weighted by atomic mass is 19.4. The predicted molar refractivity (Wildman–Crippen MR) is 85.1 cm³/mol. The van der Waals surface area contributed by atoms with Crippen LogP contribution in [0.1, 0.15) is 41.9 Å². The lowest BCUT2D eigenvalue weighted by atomic mass is 10.1. The molecule has 1 aromatic heterocycles. The molecule has 0 unspecified atom stereocenters. The third-order valence-electron chi connectivity index (χ3n) is 3.68. The molecule has 130 valence electrons. The number of nitrogens with zero attached hydrogens (tertiary/aromatic N) is 2. The molecular formula is C17H20F3N3O. The summed E-state index contributed by atoms with van der Waals surface area (Å²) >= 11 is 0. The summed E-state index contributed by atoms with van der Waals surface area (Å²) in [6.07, 6.45) is -2.19. The number of alkyl halides is 3. The van der Waals surface area contributed by atoms with Gasteiger partial charge in [0.2, 0.25) is 0 Å². The van der Waals surface area contributed by atoms with Crippen molar-refractivity contribution in [2.45, 2.75) is 33.4 Å². The van der Waals surface area contributed by atoms with E-state index in [1.807, 2.05) is 0 Å². The van der Waals surface area contributed by atoms with Gasteiger partial charge in [0.1, 0.15) is 0 Å². The Morgan fingerprint density at radius 3 is 2.67 bits per heavy atom. The van der Waals surface area contributed by atoms with Crippen LogP contribution in [0.15, 0.2) is 30.5 Å². The quantitative estimate of drug-likeness (QED) is 0.896. The first kappa shape index (κ1) is 18.0. The van der Waals surface area contributed by atoms with Gasteiger partial charge in [0.15, 0.2) is 0 Å². The number of rotatable bonds is 5. The first-order valence-electron chi connectivity index (χ1n) is 7.70. The summed E-state index contributed by atoms with van der Waals surface area (Å²) in [5, 5.41) is 6.86. The maximum Gasteiger partial charge on any atom is 0.416 e. The lowest BCUT2D eigenvalue weighted by Gasteiger charge is -2.10. The van der Waals surface area contributed by atoms with Crippen LogP contribution in [-0.2, 0) is 6.18 Å². The highest BCUT2D eigenvalue weighted by molar-refractivity contribution is 5.95. The van der Waals surface area contributed by atoms with E-state index in [2.05, 4.69) is 24.3 Å². The van der Waals surface area contributed by atoms with Crippen molar-refractivity contribution >= 4 is 5.91 Å². The number of carbonyl (C=O) groups excluding carboxylic acids is 1. The van der Waals surface area contributed by atoms with Gasteiger partial charge in [-0.15, -0.1) is 0 Å². The molecule has 7 heteroatoms. The number of hydrogen-bond acceptors (Lipinski definition) is 2. The minimum absolute atomic E-state index is 0.267. The molecule has 1 N–H and O–H groups in total. The van der Waals surface area contributed by atoms with Crippen LogP contribution in [0.2, 0.25) is 0 Å². The van der Waals surface area contributed by atoms with Gasteiger partial charge in [-0.25, -0.2) is 4.68 Å². The smallest absolute Gasteiger partial charge is 0.352 e. The van der Waals surface area contributed by atoms with E-state index in [0.29, 0.717) is 23.7 Å². The van der Waals surface area contributed by atoms with Crippen LogP contribution >= 0.6 is 0 Å². The highest BCUT2D eigenvalue weighted by Crippen LogP contribution is 2.30. The average Bonchev–Trinajstić information content (AvgIpc) is 2.88. The van der Waals surface area contributed by atoms with Gasteiger partial charge < -0.3 is 5.32 Å². The Balaban J connectivity index is 2.22. The Morgan fingerprint density at radius 2 is 2.04 bits per heavy atom. The Bertz CT molecular complexity index is 720. The first-order valence-corrected chi connectivity index (χ1v) is 7.70. The van der Waals surface area contributed by atoms with Crippen LogP contribution in [0.3, 0.4) is 0 Å². The zero-order chi connectivity index (χ0) is 17.9. The second-order valence-corrected chi connectivity index (χ2v) is 6.04. The fourth-order valence-corrected chi connectivity index (χ4v) is 2.28. The van der Waals surface area contributed by atoms with Gasteiger partial charge in [0.25, 0.3) is 5.91 Å². The SMILES string of the molecule is Cc1c(C(=O)NCCC(C)C)cnn1-c1cccc(C(F)(F)F)c1. The molecule has 0 aliphatic heterocycles. The lowest BCUT2D eigenvalue weighted by molar-refractivity contribution is -0.137. The number of nitrogens with one attached hydrogen (secondary N) is 1. The van der Waals surface area contributed by atoms with E-state index in [9.17, 15) is 18.0 Å². The van der Waals surface area contributed by atoms with Crippen LogP contribution in [0.4, 0.5) is 13.2 Å². The van der Waals surface area contributed by atoms with Crippen LogP contribution in [-0.4, -0.2) is 22.2 Å². The molecule has 0 atom stereocenters. The second-order valence-electron chi connectivity index (χ2n) is 6.04. The maximum absolute atomic E-state index is 12.8. The zero-order valence-electron chi connectivity index (χ0n) is 13.8. The predicted octanol–water partition coefficient (Wildman–Crippen LogP) is 3.98. The number of benzene rings is 1. The molecule has 2 aromatic rings. The largest absolute Gasteiger partial charge is 0.416 e. The third-order valence-corrected chi connectivity index (χ3v) is 3.68. The molecular weight excluding hydrogens is 319 g/mol. The summed E-state index contributed by atoms with van der Waals surface area (Å²) in [6.45, 7) is 6.32. The molecule has 2 rings (SSSR count). The van der Waals surface area contributed by atoms with Crippen molar-refractivity contribution in [1.29, 1.82) is 0 Å². The summed E-state index contributed by atoms with van der Waals surface area (Å²) in [6, 6.07) is 4.86. The van der Waals surface area contributed by atoms with E-state index >= 15 is 0 Å². The van der Waals surface area contributed by atoms with Crippen molar-refractivity contribution in [3.63, 3.8) is 0 Å². The molecule has 0 saturated heterocycles. The van der Waals surface area contributed by atoms with Crippen molar-refractivity contribution < 1.29 is 18.0 Å². The molecule has 1 amide bonds. The molecule has 1 aromatic carbocycles. The normalized spacial score (nSPS) is 11.8. The second kappa shape index (κ2) is 7.07. The number of hydrogen-bond donors (Lipinski definition) is 1. The van der Waals surface area contributed by atoms with Gasteiger partial charge in [-0.05, 0) is 37.5 Å². The molecule has 0 fully saturated rings. The van der Waals surface area contributed by atoms with E-state index in [4.69, 9.17) is 0 Å². The van der Waals surface area contributed by atoms with Crippen molar-refractivity contribution in [3.8, 4) is 5.69 Å². The molecule has 4 nitrogen and oxygen atoms in total. The molecule has 0 aliphatic carbocycles. The number of halogens is 3. The number of carbonyl (C=O) groups is 1. The fourth-order valence-electron chi connectivity index (χ4n) is 2.28. The molecule has 0 aliphatic rings. The summed E-state index contributed by atoms with van der Waals surface area (Å²) in [7, 11) is 0. The van der Waals surface area contributed by atoms with Gasteiger partial charge in [-0.2, -0.15) is 18.3 Å². The van der Waals surface area contributed by atoms with E-state index in [1.165, 1.54) is 23.0 Å². The summed E-state index contributed by atoms with van der Waals surface area (Å²) in [4.78, 5) is 12.2. The van der Waals surface area contributed by atoms with Crippen molar-refractivity contribution in [2.24, 2.45) is 5.92 Å². The van der Waals surface area contributed by atoms with Crippen molar-refractivity contribution in [3.05, 3.63) is 47.3 Å². The number of amides is 1. The topological polar surface area (TPSA) is 46.9 Å². The Morgan fingerprint density at radius 1 is 1.33 bits per heavy atom. The van der Waals surface area contributed by atoms with E-state index in [1.54, 1.807) is 6.92 Å². The summed E-state index contributed by atoms with van der Waals surface area (Å²) in [5.41, 5.74) is 0.369. The van der Waals surface area contributed by atoms with Crippen molar-refractivity contribution in [2.75, 3.05) is 6.54 Å². The van der Waals surface area contributed by atoms with Gasteiger partial charge >= 0.3 is 6.18 Å². The third kappa shape index (κ3) is 4.15. The zero-order valence-corrected chi connectivity index (χ0v) is 13.8. The Kier molecular flexibility index (Phi) is 5.31. The minimum Gasteiger partial charge on any atom is -0.352 e. The maximum atomic E-state index is 12.8. The standard InChI is InChI=1S/C17H20F3N3O/c1-11(2)7-8-21-16(24)15-10-22-23(12(15)3)14-6-4-5-13(9-14)17(18,19)20/h4-6,9-11H,7-8H2,1-3H3,(H,21,24). The highest BCUT2D eigenvalue weighted by Gasteiger charge is 2.30. The number of aromatic nitrogens is 2. The summed E-state index contributed by atoms with van der Waals surface area (Å²) < 4.78 is 39.8. The van der Waals surface area contributed by atoms with Crippen LogP contribution in [0.25, 0.3) is 5.69 Å². The van der Waals surface area contributed by atoms with Crippen molar-refractivity contribution in [1.82, 2.24) is 15.1 Å². The Labute approximate surface area is 138 Å². The molecule has 0 saturated carbocycles. The molecule has 0 bridgehead atoms. The van der Waals surface area contributed by atoms with Crippen LogP contribution < -0.4 is 5.32 Å². The van der Waals surface area contributed by atoms with E-state index < -0.39 is 11.7 Å². The lowest BCUT2D eigenvalue weighted by Crippen LogP contribution is -2.25. The molecule has 1 heterocycles. The van der Waals surface area contributed by atoms with E-state index in [-0.39, 0.29) is 11.6 Å². The van der Waals surface area contributed by atoms with Crippen LogP contribution in [0, 0.1) is 12.8 Å². The fraction of sp³-hybridized carbons (Fsp3) is 0.412. The minimum atomic E-state index is -4.42. The van der Waals surface area contributed by atoms with E-state index in [0.717, 1.165) is 18.6 Å². The molecule has 0 spiro atoms. The Hall–Kier alpha value is -2.31. The summed E-state index contributed by atoms with van der Waals surface area (Å²) in [5.74, 6) is 0.200. The average molecular weight is 339 g/mol. The van der Waals surface area contributed by atoms with Gasteiger partial charge in [0.05, 0.1) is 28.7 Å².